The molecule has 7 heteroatoms. The van der Waals surface area contributed by atoms with Crippen molar-refractivity contribution in [3.8, 4) is 0 Å². The van der Waals surface area contributed by atoms with Gasteiger partial charge in [-0.1, -0.05) is 0 Å². The first-order valence-corrected chi connectivity index (χ1v) is 6.53. The van der Waals surface area contributed by atoms with Gasteiger partial charge in [0.15, 0.2) is 0 Å². The third-order valence-corrected chi connectivity index (χ3v) is 2.98. The number of hydrogen-bond acceptors (Lipinski definition) is 5. The summed E-state index contributed by atoms with van der Waals surface area (Å²) in [6.07, 6.45) is 7.03. The van der Waals surface area contributed by atoms with E-state index in [1.54, 1.807) is 37.5 Å². The maximum absolute atomic E-state index is 11.6. The minimum atomic E-state index is -0.321. The molecule has 110 valence electrons. The number of hydrogen-bond donors (Lipinski definition) is 2. The molecule has 2 amide bonds. The van der Waals surface area contributed by atoms with Crippen LogP contribution in [0.2, 0.25) is 0 Å². The van der Waals surface area contributed by atoms with Crippen LogP contribution in [0.15, 0.2) is 39.1 Å². The highest BCUT2D eigenvalue weighted by atomic mass is 16.3. The molecule has 0 bridgehead atoms. The Bertz CT molecular complexity index is 587. The SMILES string of the molecule is CC1=NNC(=O)C1CCC(=O)N/N=C/C=C/c1ccco1. The average molecular weight is 288 g/mol. The Morgan fingerprint density at radius 2 is 2.48 bits per heavy atom. The van der Waals surface area contributed by atoms with Gasteiger partial charge in [-0.3, -0.25) is 9.59 Å². The van der Waals surface area contributed by atoms with Gasteiger partial charge in [0.05, 0.1) is 12.2 Å². The molecule has 0 spiro atoms. The maximum atomic E-state index is 11.6. The minimum Gasteiger partial charge on any atom is -0.465 e. The standard InChI is InChI=1S/C14H16N4O3/c1-10-12(14(20)18-16-10)6-7-13(19)17-15-8-2-4-11-5-3-9-21-11/h2-5,8-9,12H,6-7H2,1H3,(H,17,19)(H,18,20)/b4-2+,15-8+. The first-order chi connectivity index (χ1) is 10.2. The van der Waals surface area contributed by atoms with E-state index in [1.807, 2.05) is 0 Å². The largest absolute Gasteiger partial charge is 0.465 e. The summed E-state index contributed by atoms with van der Waals surface area (Å²) in [6.45, 7) is 1.76. The molecule has 0 aliphatic carbocycles. The van der Waals surface area contributed by atoms with Crippen LogP contribution >= 0.6 is 0 Å². The molecule has 1 atom stereocenters. The second-order valence-corrected chi connectivity index (χ2v) is 4.51. The molecule has 0 saturated carbocycles. The zero-order chi connectivity index (χ0) is 15.1. The van der Waals surface area contributed by atoms with Crippen LogP contribution in [0.1, 0.15) is 25.5 Å². The van der Waals surface area contributed by atoms with Crippen LogP contribution < -0.4 is 10.9 Å². The number of allylic oxidation sites excluding steroid dienone is 1. The van der Waals surface area contributed by atoms with Gasteiger partial charge in [0, 0.05) is 18.3 Å². The zero-order valence-corrected chi connectivity index (χ0v) is 11.6. The first-order valence-electron chi connectivity index (χ1n) is 6.53. The summed E-state index contributed by atoms with van der Waals surface area (Å²) in [5, 5.41) is 7.60. The van der Waals surface area contributed by atoms with E-state index in [-0.39, 0.29) is 24.2 Å². The first kappa shape index (κ1) is 14.7. The Labute approximate surface area is 121 Å². The Morgan fingerprint density at radius 1 is 1.62 bits per heavy atom. The molecular formula is C14H16N4O3. The molecule has 1 aromatic rings. The molecule has 21 heavy (non-hydrogen) atoms. The lowest BCUT2D eigenvalue weighted by molar-refractivity contribution is -0.123. The predicted molar refractivity (Wildman–Crippen MR) is 78.4 cm³/mol. The summed E-state index contributed by atoms with van der Waals surface area (Å²) in [7, 11) is 0. The molecule has 1 aliphatic heterocycles. The number of amides is 2. The summed E-state index contributed by atoms with van der Waals surface area (Å²) in [5.74, 6) is -0.0244. The van der Waals surface area contributed by atoms with Gasteiger partial charge >= 0.3 is 0 Å². The van der Waals surface area contributed by atoms with Crippen molar-refractivity contribution in [3.05, 3.63) is 30.2 Å². The average Bonchev–Trinajstić information content (AvgIpc) is 3.08. The lowest BCUT2D eigenvalue weighted by Crippen LogP contribution is -2.25. The van der Waals surface area contributed by atoms with Crippen molar-refractivity contribution in [2.75, 3.05) is 0 Å². The highest BCUT2D eigenvalue weighted by Crippen LogP contribution is 2.13. The van der Waals surface area contributed by atoms with E-state index >= 15 is 0 Å². The van der Waals surface area contributed by atoms with Crippen molar-refractivity contribution in [1.29, 1.82) is 0 Å². The summed E-state index contributed by atoms with van der Waals surface area (Å²) in [6, 6.07) is 3.59. The summed E-state index contributed by atoms with van der Waals surface area (Å²) < 4.78 is 5.09. The Hall–Kier alpha value is -2.70. The topological polar surface area (TPSA) is 96.1 Å². The van der Waals surface area contributed by atoms with Gasteiger partial charge in [-0.25, -0.2) is 10.9 Å². The maximum Gasteiger partial charge on any atom is 0.248 e. The van der Waals surface area contributed by atoms with Crippen LogP contribution in [0.4, 0.5) is 0 Å². The van der Waals surface area contributed by atoms with E-state index in [9.17, 15) is 9.59 Å². The fourth-order valence-electron chi connectivity index (χ4n) is 1.84. The fraction of sp³-hybridized carbons (Fsp3) is 0.286. The molecule has 0 fully saturated rings. The van der Waals surface area contributed by atoms with E-state index in [1.165, 1.54) is 6.21 Å². The molecule has 2 N–H and O–H groups in total. The highest BCUT2D eigenvalue weighted by Gasteiger charge is 2.26. The molecule has 2 rings (SSSR count). The van der Waals surface area contributed by atoms with Gasteiger partial charge < -0.3 is 4.42 Å². The second kappa shape index (κ2) is 7.18. The minimum absolute atomic E-state index is 0.162. The smallest absolute Gasteiger partial charge is 0.248 e. The quantitative estimate of drug-likeness (QED) is 0.610. The van der Waals surface area contributed by atoms with Gasteiger partial charge in [-0.15, -0.1) is 0 Å². The number of furan rings is 1. The fourth-order valence-corrected chi connectivity index (χ4v) is 1.84. The van der Waals surface area contributed by atoms with Crippen molar-refractivity contribution in [3.63, 3.8) is 0 Å². The molecule has 1 aromatic heterocycles. The Balaban J connectivity index is 1.68. The lowest BCUT2D eigenvalue weighted by Gasteiger charge is -2.05. The second-order valence-electron chi connectivity index (χ2n) is 4.51. The van der Waals surface area contributed by atoms with Crippen LogP contribution in [-0.4, -0.2) is 23.7 Å². The molecule has 0 saturated heterocycles. The third kappa shape index (κ3) is 4.41. The molecule has 0 aromatic carbocycles. The molecule has 7 nitrogen and oxygen atoms in total. The Morgan fingerprint density at radius 3 is 3.14 bits per heavy atom. The number of hydrazone groups is 2. The van der Waals surface area contributed by atoms with E-state index in [0.717, 1.165) is 0 Å². The Kier molecular flexibility index (Phi) is 5.03. The zero-order valence-electron chi connectivity index (χ0n) is 11.6. The molecule has 0 radical (unpaired) electrons. The third-order valence-electron chi connectivity index (χ3n) is 2.98. The molecule has 2 heterocycles. The van der Waals surface area contributed by atoms with Gasteiger partial charge in [0.1, 0.15) is 5.76 Å². The van der Waals surface area contributed by atoms with E-state index < -0.39 is 0 Å². The van der Waals surface area contributed by atoms with E-state index in [2.05, 4.69) is 21.1 Å². The van der Waals surface area contributed by atoms with Gasteiger partial charge in [-0.05, 0) is 37.6 Å². The van der Waals surface area contributed by atoms with Crippen LogP contribution in [0.5, 0.6) is 0 Å². The number of carbonyl (C=O) groups excluding carboxylic acids is 2. The summed E-state index contributed by atoms with van der Waals surface area (Å²) >= 11 is 0. The van der Waals surface area contributed by atoms with Crippen molar-refractivity contribution in [2.24, 2.45) is 16.1 Å². The predicted octanol–water partition coefficient (Wildman–Crippen LogP) is 1.30. The number of nitrogens with zero attached hydrogens (tertiary/aromatic N) is 2. The van der Waals surface area contributed by atoms with Crippen molar-refractivity contribution in [1.82, 2.24) is 10.9 Å². The van der Waals surface area contributed by atoms with E-state index in [0.29, 0.717) is 17.9 Å². The van der Waals surface area contributed by atoms with Gasteiger partial charge in [-0.2, -0.15) is 10.2 Å². The van der Waals surface area contributed by atoms with Crippen LogP contribution in [-0.2, 0) is 9.59 Å². The van der Waals surface area contributed by atoms with Crippen molar-refractivity contribution in [2.45, 2.75) is 19.8 Å². The number of nitrogens with one attached hydrogen (secondary N) is 2. The van der Waals surface area contributed by atoms with E-state index in [4.69, 9.17) is 4.42 Å². The lowest BCUT2D eigenvalue weighted by atomic mass is 9.99. The molecule has 1 unspecified atom stereocenters. The molecule has 1 aliphatic rings. The monoisotopic (exact) mass is 288 g/mol. The number of carbonyl (C=O) groups is 2. The molecular weight excluding hydrogens is 272 g/mol. The van der Waals surface area contributed by atoms with Crippen LogP contribution in [0.3, 0.4) is 0 Å². The number of rotatable bonds is 6. The normalized spacial score (nSPS) is 18.2. The van der Waals surface area contributed by atoms with Gasteiger partial charge in [0.2, 0.25) is 11.8 Å². The van der Waals surface area contributed by atoms with Crippen molar-refractivity contribution >= 4 is 29.8 Å². The highest BCUT2D eigenvalue weighted by molar-refractivity contribution is 6.07. The van der Waals surface area contributed by atoms with Crippen molar-refractivity contribution < 1.29 is 14.0 Å². The van der Waals surface area contributed by atoms with Crippen LogP contribution in [0.25, 0.3) is 6.08 Å². The summed E-state index contributed by atoms with van der Waals surface area (Å²) in [5.41, 5.74) is 5.49. The van der Waals surface area contributed by atoms with Crippen LogP contribution in [0, 0.1) is 5.92 Å². The van der Waals surface area contributed by atoms with Gasteiger partial charge in [0.25, 0.3) is 0 Å². The summed E-state index contributed by atoms with van der Waals surface area (Å²) in [4.78, 5) is 23.0.